The predicted octanol–water partition coefficient (Wildman–Crippen LogP) is 5.93. The zero-order chi connectivity index (χ0) is 30.1. The Morgan fingerprint density at radius 2 is 1.88 bits per heavy atom. The number of hydrogen-bond donors (Lipinski definition) is 1. The Bertz CT molecular complexity index is 1680. The number of carbonyl (C=O) groups excluding carboxylic acids is 1. The van der Waals surface area contributed by atoms with Crippen molar-refractivity contribution in [2.24, 2.45) is 7.05 Å². The van der Waals surface area contributed by atoms with Crippen LogP contribution in [0.25, 0.3) is 0 Å². The molecule has 4 aromatic rings. The van der Waals surface area contributed by atoms with E-state index < -0.39 is 16.1 Å². The van der Waals surface area contributed by atoms with Crippen LogP contribution in [0.4, 0.5) is 5.69 Å². The number of halogens is 1. The molecule has 0 saturated heterocycles. The molecule has 9 heteroatoms. The van der Waals surface area contributed by atoms with Crippen LogP contribution in [0.15, 0.2) is 90.1 Å². The van der Waals surface area contributed by atoms with Gasteiger partial charge in [0.15, 0.2) is 11.6 Å². The molecule has 220 valence electrons. The van der Waals surface area contributed by atoms with Crippen molar-refractivity contribution >= 4 is 21.6 Å². The topological polar surface area (TPSA) is 84.3 Å². The lowest BCUT2D eigenvalue weighted by molar-refractivity contribution is -0.289. The van der Waals surface area contributed by atoms with E-state index >= 15 is 0 Å². The van der Waals surface area contributed by atoms with Crippen LogP contribution in [0.5, 0.6) is 0 Å². The summed E-state index contributed by atoms with van der Waals surface area (Å²) in [6.45, 7) is 6.71. The van der Waals surface area contributed by atoms with Crippen LogP contribution < -0.4 is 9.62 Å². The van der Waals surface area contributed by atoms with Gasteiger partial charge in [0.25, 0.3) is 0 Å². The lowest BCUT2D eigenvalue weighted by Crippen LogP contribution is -2.37. The fourth-order valence-corrected chi connectivity index (χ4v) is 7.30. The number of rotatable bonds is 9. The molecule has 0 fully saturated rings. The number of aromatic nitrogens is 2. The molecule has 1 amide bonds. The molecule has 3 aromatic carbocycles. The summed E-state index contributed by atoms with van der Waals surface area (Å²) >= 11 is 5.22. The average Bonchev–Trinajstić information content (AvgIpc) is 3.37. The van der Waals surface area contributed by atoms with Crippen LogP contribution in [-0.2, 0) is 33.8 Å². The second kappa shape index (κ2) is 12.0. The van der Waals surface area contributed by atoms with Gasteiger partial charge in [-0.05, 0) is 59.1 Å². The Hall–Kier alpha value is -3.46. The summed E-state index contributed by atoms with van der Waals surface area (Å²) in [6.07, 6.45) is 5.36. The Morgan fingerprint density at radius 3 is 2.57 bits per heavy atom. The molecule has 0 radical (unpaired) electrons. The standard InChI is InChI=1S/C33H38ClN4O3S/c1-23(24-9-6-5-7-10-24)19-32(39)38(22-31-35-17-18-37(31)4)26-13-14-29-28(21-26)30(15-16-33(29,2)3)36-42(40,41)27-12-8-11-25(34)20-27/h5-14,17-18,20-21,23,30,34,36H,15-16,19,22H2,1-4H3/q+1/t23-,30+/m1/s1. The van der Waals surface area contributed by atoms with Crippen molar-refractivity contribution in [1.82, 2.24) is 14.3 Å². The zero-order valence-electron chi connectivity index (χ0n) is 24.4. The van der Waals surface area contributed by atoms with Crippen molar-refractivity contribution in [2.75, 3.05) is 4.90 Å². The molecular formula is C33H38ClN4O3S+. The third-order valence-electron chi connectivity index (χ3n) is 8.29. The summed E-state index contributed by atoms with van der Waals surface area (Å²) in [7, 11) is -1.90. The largest absolute Gasteiger partial charge is 0.337 e. The summed E-state index contributed by atoms with van der Waals surface area (Å²) in [5, 5.41) is 0.471. The quantitative estimate of drug-likeness (QED) is 0.256. The van der Waals surface area contributed by atoms with Crippen molar-refractivity contribution in [3.63, 3.8) is 0 Å². The first kappa shape index (κ1) is 30.0. The van der Waals surface area contributed by atoms with E-state index in [2.05, 4.69) is 30.5 Å². The number of benzene rings is 3. The molecule has 0 aliphatic heterocycles. The lowest BCUT2D eigenvalue weighted by Gasteiger charge is -2.38. The van der Waals surface area contributed by atoms with Crippen LogP contribution in [-0.4, -0.2) is 23.9 Å². The van der Waals surface area contributed by atoms with Gasteiger partial charge in [-0.1, -0.05) is 63.2 Å². The molecule has 1 aliphatic rings. The van der Waals surface area contributed by atoms with Gasteiger partial charge in [0.1, 0.15) is 5.82 Å². The number of nitrogens with zero attached hydrogens (tertiary/aromatic N) is 3. The highest BCUT2D eigenvalue weighted by molar-refractivity contribution is 7.89. The molecule has 1 aromatic heterocycles. The smallest absolute Gasteiger partial charge is 0.241 e. The molecule has 1 aliphatic carbocycles. The van der Waals surface area contributed by atoms with E-state index in [-0.39, 0.29) is 22.1 Å². The van der Waals surface area contributed by atoms with E-state index in [1.165, 1.54) is 6.07 Å². The molecule has 1 N–H and O–H groups in total. The number of nitrogens with one attached hydrogen (secondary N) is 1. The van der Waals surface area contributed by atoms with E-state index in [1.807, 2.05) is 66.3 Å². The summed E-state index contributed by atoms with van der Waals surface area (Å²) in [5.74, 6) is 0.761. The normalized spacial score (nSPS) is 16.9. The molecule has 1 heterocycles. The molecule has 2 atom stereocenters. The van der Waals surface area contributed by atoms with Crippen molar-refractivity contribution in [3.8, 4) is 0 Å². The highest BCUT2D eigenvalue weighted by Gasteiger charge is 2.36. The van der Waals surface area contributed by atoms with Crippen LogP contribution >= 0.6 is 0 Å². The number of hydrogen-bond acceptors (Lipinski definition) is 4. The minimum Gasteiger partial charge on any atom is -0.337 e. The van der Waals surface area contributed by atoms with Gasteiger partial charge in [0.05, 0.1) is 11.4 Å². The predicted molar refractivity (Wildman–Crippen MR) is 163 cm³/mol. The fraction of sp³-hybridized carbons (Fsp3) is 0.333. The van der Waals surface area contributed by atoms with Gasteiger partial charge < -0.3 is 9.47 Å². The van der Waals surface area contributed by atoms with Crippen LogP contribution in [0.3, 0.4) is 0 Å². The summed E-state index contributed by atoms with van der Waals surface area (Å²) in [6, 6.07) is 22.0. The Balaban J connectivity index is 1.52. The number of carbonyl (C=O) groups is 1. The highest BCUT2D eigenvalue weighted by atomic mass is 35.5. The molecular weight excluding hydrogens is 568 g/mol. The van der Waals surface area contributed by atoms with Gasteiger partial charge in [-0.15, -0.1) is 0 Å². The Labute approximate surface area is 253 Å². The molecule has 0 bridgehead atoms. The van der Waals surface area contributed by atoms with E-state index in [0.29, 0.717) is 24.4 Å². The van der Waals surface area contributed by atoms with Crippen LogP contribution in [0, 0.1) is 11.6 Å². The number of anilines is 1. The maximum atomic E-state index is 14.0. The van der Waals surface area contributed by atoms with Crippen LogP contribution in [0.2, 0.25) is 5.02 Å². The molecule has 0 spiro atoms. The maximum Gasteiger partial charge on any atom is 0.241 e. The second-order valence-electron chi connectivity index (χ2n) is 11.8. The summed E-state index contributed by atoms with van der Waals surface area (Å²) < 4.78 is 31.7. The number of aryl methyl sites for hydroxylation is 1. The monoisotopic (exact) mass is 605 g/mol. The SMILES string of the molecule is C[C@H](CC(=O)N(Cc1nccn1C)c1ccc2c(c1)[C@@H](NS(=O)(=O)c1cccc([ClH+])c1)CCC2(C)C)c1ccccc1. The molecule has 0 unspecified atom stereocenters. The fourth-order valence-electron chi connectivity index (χ4n) is 5.72. The molecule has 7 nitrogen and oxygen atoms in total. The number of fused-ring (bicyclic) bond motifs is 1. The minimum absolute atomic E-state index is 0.0243. The van der Waals surface area contributed by atoms with E-state index in [1.54, 1.807) is 29.3 Å². The minimum atomic E-state index is -3.82. The second-order valence-corrected chi connectivity index (χ2v) is 14.0. The van der Waals surface area contributed by atoms with Crippen molar-refractivity contribution < 1.29 is 24.8 Å². The third kappa shape index (κ3) is 6.46. The zero-order valence-corrected chi connectivity index (χ0v) is 26.1. The van der Waals surface area contributed by atoms with Crippen molar-refractivity contribution in [2.45, 2.75) is 68.8 Å². The van der Waals surface area contributed by atoms with E-state index in [0.717, 1.165) is 34.6 Å². The Morgan fingerprint density at radius 1 is 1.12 bits per heavy atom. The highest BCUT2D eigenvalue weighted by Crippen LogP contribution is 2.43. The van der Waals surface area contributed by atoms with Gasteiger partial charge in [-0.2, -0.15) is 0 Å². The lowest BCUT2D eigenvalue weighted by atomic mass is 9.71. The molecule has 5 rings (SSSR count). The first-order valence-corrected chi connectivity index (χ1v) is 16.1. The first-order valence-electron chi connectivity index (χ1n) is 14.2. The maximum absolute atomic E-state index is 14.0. The Kier molecular flexibility index (Phi) is 8.60. The number of imidazole rings is 1. The van der Waals surface area contributed by atoms with Gasteiger partial charge in [-0.3, -0.25) is 4.79 Å². The van der Waals surface area contributed by atoms with Crippen LogP contribution in [0.1, 0.15) is 74.5 Å². The van der Waals surface area contributed by atoms with Crippen molar-refractivity contribution in [3.05, 3.63) is 113 Å². The van der Waals surface area contributed by atoms with Gasteiger partial charge in [-0.25, -0.2) is 18.1 Å². The van der Waals surface area contributed by atoms with Gasteiger partial charge >= 0.3 is 0 Å². The van der Waals surface area contributed by atoms with E-state index in [4.69, 9.17) is 11.6 Å². The summed E-state index contributed by atoms with van der Waals surface area (Å²) in [5.41, 5.74) is 3.64. The van der Waals surface area contributed by atoms with Gasteiger partial charge in [0.2, 0.25) is 21.0 Å². The third-order valence-corrected chi connectivity index (χ3v) is 10.0. The van der Waals surface area contributed by atoms with E-state index in [9.17, 15) is 13.2 Å². The summed E-state index contributed by atoms with van der Waals surface area (Å²) in [4.78, 5) is 20.4. The number of amides is 1. The van der Waals surface area contributed by atoms with Gasteiger partial charge in [0, 0.05) is 49.7 Å². The molecule has 0 saturated carbocycles. The van der Waals surface area contributed by atoms with Crippen molar-refractivity contribution in [1.29, 1.82) is 0 Å². The average molecular weight is 606 g/mol. The number of sulfonamides is 1. The molecule has 42 heavy (non-hydrogen) atoms. The first-order chi connectivity index (χ1) is 19.9.